The molecule has 0 spiro atoms. The molecule has 0 aromatic heterocycles. The molecule has 106 valence electrons. The van der Waals surface area contributed by atoms with Gasteiger partial charge < -0.3 is 4.74 Å². The van der Waals surface area contributed by atoms with Crippen LogP contribution in [0.4, 0.5) is 0 Å². The highest BCUT2D eigenvalue weighted by molar-refractivity contribution is 5.33. The maximum absolute atomic E-state index is 6.00. The molecule has 1 aromatic rings. The molecule has 0 aliphatic carbocycles. The van der Waals surface area contributed by atoms with Gasteiger partial charge in [0.05, 0.1) is 0 Å². The second kappa shape index (κ2) is 7.54. The van der Waals surface area contributed by atoms with Crippen molar-refractivity contribution in [3.05, 3.63) is 29.8 Å². The van der Waals surface area contributed by atoms with Crippen LogP contribution in [-0.4, -0.2) is 31.1 Å². The Morgan fingerprint density at radius 3 is 2.58 bits per heavy atom. The number of nitrogens with zero attached hydrogens (tertiary/aromatic N) is 1. The van der Waals surface area contributed by atoms with E-state index in [1.165, 1.54) is 37.9 Å². The lowest BCUT2D eigenvalue weighted by atomic mass is 10.0. The van der Waals surface area contributed by atoms with Crippen LogP contribution in [0.2, 0.25) is 0 Å². The molecule has 0 unspecified atom stereocenters. The lowest BCUT2D eigenvalue weighted by Crippen LogP contribution is -2.33. The van der Waals surface area contributed by atoms with Gasteiger partial charge in [0.25, 0.3) is 0 Å². The van der Waals surface area contributed by atoms with Gasteiger partial charge >= 0.3 is 0 Å². The molecule has 1 aliphatic rings. The Morgan fingerprint density at radius 1 is 1.11 bits per heavy atom. The maximum atomic E-state index is 6.00. The molecule has 1 aromatic carbocycles. The third-order valence-corrected chi connectivity index (χ3v) is 3.71. The Balaban J connectivity index is 1.81. The Hall–Kier alpha value is -1.02. The number of likely N-dealkylation sites (tertiary alicyclic amines) is 1. The first-order valence-corrected chi connectivity index (χ1v) is 7.69. The summed E-state index contributed by atoms with van der Waals surface area (Å²) in [6.07, 6.45) is 5.20. The van der Waals surface area contributed by atoms with Crippen molar-refractivity contribution in [2.24, 2.45) is 5.92 Å². The molecular weight excluding hydrogens is 234 g/mol. The second-order valence-electron chi connectivity index (χ2n) is 5.96. The van der Waals surface area contributed by atoms with Gasteiger partial charge in [-0.1, -0.05) is 38.5 Å². The number of rotatable bonds is 6. The lowest BCUT2D eigenvalue weighted by molar-refractivity contribution is 0.182. The third-order valence-electron chi connectivity index (χ3n) is 3.71. The fourth-order valence-corrected chi connectivity index (χ4v) is 2.72. The van der Waals surface area contributed by atoms with Crippen LogP contribution in [0.5, 0.6) is 5.75 Å². The quantitative estimate of drug-likeness (QED) is 0.773. The molecule has 19 heavy (non-hydrogen) atoms. The van der Waals surface area contributed by atoms with E-state index in [0.29, 0.717) is 5.92 Å². The average molecular weight is 261 g/mol. The first-order valence-electron chi connectivity index (χ1n) is 7.69. The summed E-state index contributed by atoms with van der Waals surface area (Å²) in [4.78, 5) is 2.52. The summed E-state index contributed by atoms with van der Waals surface area (Å²) in [5, 5.41) is 0. The van der Waals surface area contributed by atoms with Crippen LogP contribution >= 0.6 is 0 Å². The van der Waals surface area contributed by atoms with E-state index in [0.717, 1.165) is 25.3 Å². The van der Waals surface area contributed by atoms with Crippen LogP contribution in [0.3, 0.4) is 0 Å². The summed E-state index contributed by atoms with van der Waals surface area (Å²) in [5.74, 6) is 1.75. The normalized spacial score (nSPS) is 16.8. The highest BCUT2D eigenvalue weighted by Gasteiger charge is 2.10. The topological polar surface area (TPSA) is 12.5 Å². The van der Waals surface area contributed by atoms with Crippen molar-refractivity contribution < 1.29 is 4.74 Å². The summed E-state index contributed by atoms with van der Waals surface area (Å²) in [7, 11) is 0. The van der Waals surface area contributed by atoms with Crippen LogP contribution in [0.1, 0.15) is 38.7 Å². The molecule has 2 rings (SSSR count). The van der Waals surface area contributed by atoms with Crippen LogP contribution in [0, 0.1) is 5.92 Å². The van der Waals surface area contributed by atoms with E-state index >= 15 is 0 Å². The minimum absolute atomic E-state index is 0.673. The molecule has 0 saturated carbocycles. The molecule has 1 fully saturated rings. The van der Waals surface area contributed by atoms with Gasteiger partial charge in [-0.05, 0) is 49.9 Å². The van der Waals surface area contributed by atoms with Crippen LogP contribution in [-0.2, 0) is 6.42 Å². The minimum Gasteiger partial charge on any atom is -0.492 e. The number of para-hydroxylation sites is 1. The fraction of sp³-hybridized carbons (Fsp3) is 0.647. The zero-order valence-corrected chi connectivity index (χ0v) is 12.4. The molecule has 0 amide bonds. The van der Waals surface area contributed by atoms with Gasteiger partial charge in [-0.25, -0.2) is 0 Å². The molecular formula is C17H27NO. The van der Waals surface area contributed by atoms with Gasteiger partial charge in [0, 0.05) is 6.54 Å². The molecule has 1 saturated heterocycles. The van der Waals surface area contributed by atoms with Gasteiger partial charge in [0.2, 0.25) is 0 Å². The molecule has 0 radical (unpaired) electrons. The number of hydrogen-bond donors (Lipinski definition) is 0. The molecule has 0 atom stereocenters. The van der Waals surface area contributed by atoms with Gasteiger partial charge in [-0.2, -0.15) is 0 Å². The van der Waals surface area contributed by atoms with Crippen molar-refractivity contribution in [3.63, 3.8) is 0 Å². The SMILES string of the molecule is CC(C)Cc1ccccc1OCCN1CCCCC1. The van der Waals surface area contributed by atoms with Crippen molar-refractivity contribution in [2.75, 3.05) is 26.2 Å². The Kier molecular flexibility index (Phi) is 5.71. The fourth-order valence-electron chi connectivity index (χ4n) is 2.72. The van der Waals surface area contributed by atoms with Gasteiger partial charge in [0.1, 0.15) is 12.4 Å². The highest BCUT2D eigenvalue weighted by atomic mass is 16.5. The largest absolute Gasteiger partial charge is 0.492 e. The van der Waals surface area contributed by atoms with Crippen molar-refractivity contribution >= 4 is 0 Å². The number of hydrogen-bond acceptors (Lipinski definition) is 2. The van der Waals surface area contributed by atoms with E-state index in [1.54, 1.807) is 0 Å². The van der Waals surface area contributed by atoms with Crippen LogP contribution in [0.15, 0.2) is 24.3 Å². The van der Waals surface area contributed by atoms with Crippen molar-refractivity contribution in [1.29, 1.82) is 0 Å². The van der Waals surface area contributed by atoms with E-state index in [-0.39, 0.29) is 0 Å². The zero-order valence-electron chi connectivity index (χ0n) is 12.4. The standard InChI is InChI=1S/C17H27NO/c1-15(2)14-16-8-4-5-9-17(16)19-13-12-18-10-6-3-7-11-18/h4-5,8-9,15H,3,6-7,10-14H2,1-2H3. The van der Waals surface area contributed by atoms with E-state index in [1.807, 2.05) is 0 Å². The van der Waals surface area contributed by atoms with Gasteiger partial charge in [-0.3, -0.25) is 4.90 Å². The van der Waals surface area contributed by atoms with E-state index in [2.05, 4.69) is 43.0 Å². The molecule has 1 heterocycles. The maximum Gasteiger partial charge on any atom is 0.122 e. The lowest BCUT2D eigenvalue weighted by Gasteiger charge is -2.26. The summed E-state index contributed by atoms with van der Waals surface area (Å²) < 4.78 is 6.00. The first kappa shape index (κ1) is 14.4. The summed E-state index contributed by atoms with van der Waals surface area (Å²) in [6, 6.07) is 8.47. The molecule has 2 heteroatoms. The second-order valence-corrected chi connectivity index (χ2v) is 5.96. The monoisotopic (exact) mass is 261 g/mol. The predicted octanol–water partition coefficient (Wildman–Crippen LogP) is 3.75. The predicted molar refractivity (Wildman–Crippen MR) is 80.8 cm³/mol. The highest BCUT2D eigenvalue weighted by Crippen LogP contribution is 2.21. The molecule has 1 aliphatic heterocycles. The number of benzene rings is 1. The third kappa shape index (κ3) is 4.87. The number of ether oxygens (including phenoxy) is 1. The van der Waals surface area contributed by atoms with Crippen molar-refractivity contribution in [3.8, 4) is 5.75 Å². The summed E-state index contributed by atoms with van der Waals surface area (Å²) >= 11 is 0. The van der Waals surface area contributed by atoms with Crippen LogP contribution < -0.4 is 4.74 Å². The Bertz CT molecular complexity index is 369. The van der Waals surface area contributed by atoms with Gasteiger partial charge in [-0.15, -0.1) is 0 Å². The summed E-state index contributed by atoms with van der Waals surface area (Å²) in [6.45, 7) is 8.88. The molecule has 0 bridgehead atoms. The molecule has 0 N–H and O–H groups in total. The summed E-state index contributed by atoms with van der Waals surface area (Å²) in [5.41, 5.74) is 1.34. The minimum atomic E-state index is 0.673. The Morgan fingerprint density at radius 2 is 1.84 bits per heavy atom. The first-order chi connectivity index (χ1) is 9.25. The van der Waals surface area contributed by atoms with E-state index in [9.17, 15) is 0 Å². The van der Waals surface area contributed by atoms with E-state index < -0.39 is 0 Å². The van der Waals surface area contributed by atoms with Gasteiger partial charge in [0.15, 0.2) is 0 Å². The molecule has 2 nitrogen and oxygen atoms in total. The average Bonchev–Trinajstić information content (AvgIpc) is 2.41. The zero-order chi connectivity index (χ0) is 13.5. The smallest absolute Gasteiger partial charge is 0.122 e. The number of piperidine rings is 1. The van der Waals surface area contributed by atoms with Crippen molar-refractivity contribution in [2.45, 2.75) is 39.5 Å². The van der Waals surface area contributed by atoms with Crippen LogP contribution in [0.25, 0.3) is 0 Å². The van der Waals surface area contributed by atoms with Crippen molar-refractivity contribution in [1.82, 2.24) is 4.90 Å². The Labute approximate surface area is 117 Å². The van der Waals surface area contributed by atoms with E-state index in [4.69, 9.17) is 4.74 Å².